The van der Waals surface area contributed by atoms with Crippen molar-refractivity contribution < 1.29 is 38.6 Å². The fourth-order valence-electron chi connectivity index (χ4n) is 4.50. The van der Waals surface area contributed by atoms with E-state index in [0.29, 0.717) is 24.9 Å². The van der Waals surface area contributed by atoms with Crippen molar-refractivity contribution in [2.75, 3.05) is 13.1 Å². The Bertz CT molecular complexity index is 1130. The molecule has 5 amide bonds. The first-order chi connectivity index (χ1) is 19.6. The van der Waals surface area contributed by atoms with Crippen molar-refractivity contribution in [1.82, 2.24) is 26.2 Å². The van der Waals surface area contributed by atoms with E-state index in [4.69, 9.17) is 4.74 Å². The molecule has 0 aliphatic carbocycles. The molecule has 1 aromatic rings. The highest BCUT2D eigenvalue weighted by Gasteiger charge is 2.37. The molecule has 13 heteroatoms. The Labute approximate surface area is 246 Å². The first-order valence-corrected chi connectivity index (χ1v) is 14.0. The third-order valence-corrected chi connectivity index (χ3v) is 6.46. The number of amides is 5. The lowest BCUT2D eigenvalue weighted by Crippen LogP contribution is -2.59. The number of carboxylic acids is 1. The van der Waals surface area contributed by atoms with Gasteiger partial charge < -0.3 is 36.0 Å². The van der Waals surface area contributed by atoms with Gasteiger partial charge in [-0.15, -0.1) is 0 Å². The average Bonchev–Trinajstić information content (AvgIpc) is 3.39. The molecule has 1 fully saturated rings. The summed E-state index contributed by atoms with van der Waals surface area (Å²) in [5, 5.41) is 19.8. The number of nitrogens with zero attached hydrogens (tertiary/aromatic N) is 1. The summed E-state index contributed by atoms with van der Waals surface area (Å²) >= 11 is 0. The lowest BCUT2D eigenvalue weighted by molar-refractivity contribution is -0.141. The molecule has 1 aromatic carbocycles. The molecule has 1 saturated heterocycles. The van der Waals surface area contributed by atoms with Gasteiger partial charge in [-0.05, 0) is 65.0 Å². The summed E-state index contributed by atoms with van der Waals surface area (Å²) in [6, 6.07) is 4.05. The van der Waals surface area contributed by atoms with Crippen LogP contribution < -0.4 is 21.3 Å². The standard InChI is InChI=1S/C29H43N5O8/c1-17(2)15-20(25(37)31-18(3)23(27(39)40)33-28(41)42-29(4,5)6)32-26(38)21-13-10-14-34(21)22(35)16-30-24(36)19-11-8-7-9-12-19/h7-9,11-12,17-18,20-21,23H,10,13-16H2,1-6H3,(H,30,36)(H,31,37)(H,32,38)(H,33,41)(H,39,40)/t18-,20-,21-,23-/m0/s1. The van der Waals surface area contributed by atoms with Gasteiger partial charge in [0.1, 0.15) is 23.7 Å². The molecule has 0 spiro atoms. The van der Waals surface area contributed by atoms with Crippen LogP contribution in [0.1, 0.15) is 71.2 Å². The van der Waals surface area contributed by atoms with Crippen molar-refractivity contribution in [3.05, 3.63) is 35.9 Å². The summed E-state index contributed by atoms with van der Waals surface area (Å²) in [5.74, 6) is -3.38. The lowest BCUT2D eigenvalue weighted by atomic mass is 10.0. The zero-order chi connectivity index (χ0) is 31.6. The average molecular weight is 590 g/mol. The van der Waals surface area contributed by atoms with Crippen molar-refractivity contribution in [3.63, 3.8) is 0 Å². The number of nitrogens with one attached hydrogen (secondary N) is 4. The predicted molar refractivity (Wildman–Crippen MR) is 153 cm³/mol. The second-order valence-corrected chi connectivity index (χ2v) is 11.7. The molecule has 0 radical (unpaired) electrons. The Morgan fingerprint density at radius 2 is 1.64 bits per heavy atom. The Morgan fingerprint density at radius 1 is 1.00 bits per heavy atom. The van der Waals surface area contributed by atoms with Crippen LogP contribution in [0.3, 0.4) is 0 Å². The SMILES string of the molecule is CC(C)C[C@H](NC(=O)[C@@H]1CCCN1C(=O)CNC(=O)c1ccccc1)C(=O)N[C@@H](C)[C@H](NC(=O)OC(C)(C)C)C(=O)O. The third-order valence-electron chi connectivity index (χ3n) is 6.46. The monoisotopic (exact) mass is 589 g/mol. The molecular formula is C29H43N5O8. The highest BCUT2D eigenvalue weighted by atomic mass is 16.6. The third kappa shape index (κ3) is 10.7. The number of carbonyl (C=O) groups is 6. The van der Waals surface area contributed by atoms with E-state index in [1.165, 1.54) is 11.8 Å². The van der Waals surface area contributed by atoms with E-state index >= 15 is 0 Å². The molecule has 2 rings (SSSR count). The number of aliphatic carboxylic acids is 1. The van der Waals surface area contributed by atoms with Gasteiger partial charge in [0.15, 0.2) is 0 Å². The molecule has 4 atom stereocenters. The van der Waals surface area contributed by atoms with Gasteiger partial charge in [-0.25, -0.2) is 9.59 Å². The maximum atomic E-state index is 13.3. The summed E-state index contributed by atoms with van der Waals surface area (Å²) in [5.41, 5.74) is -0.445. The first-order valence-electron chi connectivity index (χ1n) is 14.0. The van der Waals surface area contributed by atoms with Crippen LogP contribution in [0.4, 0.5) is 4.79 Å². The van der Waals surface area contributed by atoms with Crippen LogP contribution in [-0.4, -0.2) is 88.6 Å². The zero-order valence-electron chi connectivity index (χ0n) is 25.1. The maximum Gasteiger partial charge on any atom is 0.408 e. The molecule has 13 nitrogen and oxygen atoms in total. The Hall–Kier alpha value is -4.16. The van der Waals surface area contributed by atoms with Gasteiger partial charge in [0.05, 0.1) is 12.6 Å². The number of rotatable bonds is 12. The zero-order valence-corrected chi connectivity index (χ0v) is 25.1. The van der Waals surface area contributed by atoms with E-state index < -0.39 is 65.5 Å². The quantitative estimate of drug-likeness (QED) is 0.242. The Morgan fingerprint density at radius 3 is 2.21 bits per heavy atom. The number of carbonyl (C=O) groups excluding carboxylic acids is 5. The number of hydrogen-bond acceptors (Lipinski definition) is 7. The smallest absolute Gasteiger partial charge is 0.408 e. The van der Waals surface area contributed by atoms with E-state index in [1.54, 1.807) is 51.1 Å². The second kappa shape index (κ2) is 15.2. The van der Waals surface area contributed by atoms with E-state index in [9.17, 15) is 33.9 Å². The van der Waals surface area contributed by atoms with Gasteiger partial charge in [0.25, 0.3) is 5.91 Å². The first kappa shape index (κ1) is 34.0. The summed E-state index contributed by atoms with van der Waals surface area (Å²) in [6.07, 6.45) is 0.256. The largest absolute Gasteiger partial charge is 0.480 e. The van der Waals surface area contributed by atoms with Crippen molar-refractivity contribution in [2.24, 2.45) is 5.92 Å². The molecule has 0 bridgehead atoms. The lowest BCUT2D eigenvalue weighted by Gasteiger charge is -2.29. The maximum absolute atomic E-state index is 13.3. The molecule has 0 saturated carbocycles. The molecule has 1 aliphatic rings. The molecule has 0 aromatic heterocycles. The molecular weight excluding hydrogens is 546 g/mol. The van der Waals surface area contributed by atoms with Gasteiger partial charge in [0, 0.05) is 12.1 Å². The van der Waals surface area contributed by atoms with Gasteiger partial charge in [-0.2, -0.15) is 0 Å². The number of alkyl carbamates (subject to hydrolysis) is 1. The summed E-state index contributed by atoms with van der Waals surface area (Å²) in [7, 11) is 0. The van der Waals surface area contributed by atoms with E-state index in [-0.39, 0.29) is 18.9 Å². The molecule has 1 aliphatic heterocycles. The highest BCUT2D eigenvalue weighted by Crippen LogP contribution is 2.18. The minimum absolute atomic E-state index is 0.0129. The fraction of sp³-hybridized carbons (Fsp3) is 0.586. The van der Waals surface area contributed by atoms with E-state index in [2.05, 4.69) is 21.3 Å². The fourth-order valence-corrected chi connectivity index (χ4v) is 4.50. The van der Waals surface area contributed by atoms with Crippen LogP contribution in [-0.2, 0) is 23.9 Å². The van der Waals surface area contributed by atoms with Crippen LogP contribution in [0.5, 0.6) is 0 Å². The van der Waals surface area contributed by atoms with Crippen LogP contribution in [0.25, 0.3) is 0 Å². The van der Waals surface area contributed by atoms with Crippen LogP contribution in [0.15, 0.2) is 30.3 Å². The number of hydrogen-bond donors (Lipinski definition) is 5. The van der Waals surface area contributed by atoms with Crippen LogP contribution >= 0.6 is 0 Å². The van der Waals surface area contributed by atoms with Gasteiger partial charge >= 0.3 is 12.1 Å². The van der Waals surface area contributed by atoms with Gasteiger partial charge in [0.2, 0.25) is 17.7 Å². The van der Waals surface area contributed by atoms with Crippen LogP contribution in [0, 0.1) is 5.92 Å². The van der Waals surface area contributed by atoms with Crippen molar-refractivity contribution >= 4 is 35.7 Å². The minimum atomic E-state index is -1.49. The Balaban J connectivity index is 2.04. The summed E-state index contributed by atoms with van der Waals surface area (Å²) in [4.78, 5) is 77.1. The Kier molecular flexibility index (Phi) is 12.3. The predicted octanol–water partition coefficient (Wildman–Crippen LogP) is 1.42. The summed E-state index contributed by atoms with van der Waals surface area (Å²) in [6.45, 7) is 10.1. The number of likely N-dealkylation sites (tertiary alicyclic amines) is 1. The van der Waals surface area contributed by atoms with Crippen molar-refractivity contribution in [1.29, 1.82) is 0 Å². The number of ether oxygens (including phenoxy) is 1. The van der Waals surface area contributed by atoms with E-state index in [1.807, 2.05) is 13.8 Å². The topological polar surface area (TPSA) is 183 Å². The number of benzene rings is 1. The van der Waals surface area contributed by atoms with Crippen LogP contribution in [0.2, 0.25) is 0 Å². The summed E-state index contributed by atoms with van der Waals surface area (Å²) < 4.78 is 5.13. The molecule has 42 heavy (non-hydrogen) atoms. The normalized spacial score (nSPS) is 17.0. The molecule has 232 valence electrons. The number of carboxylic acid groups (broad SMARTS) is 1. The van der Waals surface area contributed by atoms with Crippen molar-refractivity contribution in [3.8, 4) is 0 Å². The second-order valence-electron chi connectivity index (χ2n) is 11.7. The molecule has 5 N–H and O–H groups in total. The van der Waals surface area contributed by atoms with E-state index in [0.717, 1.165) is 0 Å². The van der Waals surface area contributed by atoms with Gasteiger partial charge in [-0.1, -0.05) is 32.0 Å². The van der Waals surface area contributed by atoms with Crippen molar-refractivity contribution in [2.45, 2.75) is 90.6 Å². The van der Waals surface area contributed by atoms with Gasteiger partial charge in [-0.3, -0.25) is 19.2 Å². The molecule has 0 unspecified atom stereocenters. The highest BCUT2D eigenvalue weighted by molar-refractivity contribution is 5.97. The molecule has 1 heterocycles. The minimum Gasteiger partial charge on any atom is -0.480 e.